The topological polar surface area (TPSA) is 51.0 Å². The summed E-state index contributed by atoms with van der Waals surface area (Å²) >= 11 is 0. The molecule has 1 aromatic heterocycles. The fourth-order valence-corrected chi connectivity index (χ4v) is 3.09. The van der Waals surface area contributed by atoms with E-state index in [1.165, 1.54) is 12.8 Å². The molecule has 2 rings (SSSR count). The molecule has 0 aliphatic heterocycles. The van der Waals surface area contributed by atoms with Crippen molar-refractivity contribution < 1.29 is 4.79 Å². The monoisotopic (exact) mass is 264 g/mol. The fourth-order valence-electron chi connectivity index (χ4n) is 3.09. The zero-order valence-electron chi connectivity index (χ0n) is 12.2. The lowest BCUT2D eigenvalue weighted by Gasteiger charge is -2.38. The van der Waals surface area contributed by atoms with Crippen LogP contribution >= 0.6 is 0 Å². The van der Waals surface area contributed by atoms with Crippen molar-refractivity contribution in [2.75, 3.05) is 14.1 Å². The molecule has 5 heteroatoms. The lowest BCUT2D eigenvalue weighted by Crippen LogP contribution is -2.51. The molecule has 0 bridgehead atoms. The summed E-state index contributed by atoms with van der Waals surface area (Å²) in [4.78, 5) is 14.9. The van der Waals surface area contributed by atoms with Crippen LogP contribution in [0.1, 0.15) is 44.2 Å². The van der Waals surface area contributed by atoms with E-state index in [1.807, 2.05) is 27.3 Å². The van der Waals surface area contributed by atoms with Crippen molar-refractivity contribution >= 4 is 5.78 Å². The third kappa shape index (κ3) is 3.03. The number of nitrogens with zero attached hydrogens (tertiary/aromatic N) is 4. The van der Waals surface area contributed by atoms with E-state index in [9.17, 15) is 4.79 Å². The van der Waals surface area contributed by atoms with E-state index < -0.39 is 0 Å². The Kier molecular flexibility index (Phi) is 4.34. The molecule has 0 unspecified atom stereocenters. The van der Waals surface area contributed by atoms with Crippen LogP contribution in [0.3, 0.4) is 0 Å². The second-order valence-electron chi connectivity index (χ2n) is 5.82. The van der Waals surface area contributed by atoms with Crippen LogP contribution in [0.5, 0.6) is 0 Å². The predicted octanol–water partition coefficient (Wildman–Crippen LogP) is 1.58. The van der Waals surface area contributed by atoms with Crippen LogP contribution < -0.4 is 0 Å². The quantitative estimate of drug-likeness (QED) is 0.775. The average molecular weight is 264 g/mol. The lowest BCUT2D eigenvalue weighted by atomic mass is 9.82. The number of aromatic nitrogens is 3. The van der Waals surface area contributed by atoms with Crippen molar-refractivity contribution in [3.05, 3.63) is 11.9 Å². The standard InChI is InChI=1S/C14H24N4O/c1-17(2)14(8-6-4-5-7-9-14)13(19)10-12-11-18(3)16-15-12/h11H,4-10H2,1-3H3. The van der Waals surface area contributed by atoms with Gasteiger partial charge in [0, 0.05) is 13.2 Å². The Morgan fingerprint density at radius 3 is 2.42 bits per heavy atom. The van der Waals surface area contributed by atoms with Crippen LogP contribution in [0.15, 0.2) is 6.20 Å². The van der Waals surface area contributed by atoms with Gasteiger partial charge in [-0.3, -0.25) is 14.4 Å². The zero-order chi connectivity index (χ0) is 13.9. The number of rotatable bonds is 4. The van der Waals surface area contributed by atoms with Crippen molar-refractivity contribution in [1.82, 2.24) is 19.9 Å². The summed E-state index contributed by atoms with van der Waals surface area (Å²) < 4.78 is 1.65. The van der Waals surface area contributed by atoms with Crippen LogP contribution in [-0.2, 0) is 18.3 Å². The van der Waals surface area contributed by atoms with Gasteiger partial charge in [0.25, 0.3) is 0 Å². The molecule has 106 valence electrons. The second-order valence-corrected chi connectivity index (χ2v) is 5.82. The molecule has 1 heterocycles. The van der Waals surface area contributed by atoms with Gasteiger partial charge in [-0.15, -0.1) is 5.10 Å². The van der Waals surface area contributed by atoms with Gasteiger partial charge in [-0.25, -0.2) is 0 Å². The van der Waals surface area contributed by atoms with Crippen LogP contribution in [0, 0.1) is 0 Å². The smallest absolute Gasteiger partial charge is 0.159 e. The SMILES string of the molecule is CN(C)C1(C(=O)Cc2cn(C)nn2)CCCCCC1. The van der Waals surface area contributed by atoms with Gasteiger partial charge in [0.1, 0.15) is 0 Å². The molecule has 0 radical (unpaired) electrons. The predicted molar refractivity (Wildman–Crippen MR) is 73.8 cm³/mol. The first-order valence-corrected chi connectivity index (χ1v) is 7.10. The molecule has 0 aromatic carbocycles. The average Bonchev–Trinajstić information content (AvgIpc) is 2.65. The molecule has 0 spiro atoms. The Balaban J connectivity index is 2.15. The Hall–Kier alpha value is -1.23. The van der Waals surface area contributed by atoms with Crippen LogP contribution in [0.4, 0.5) is 0 Å². The van der Waals surface area contributed by atoms with Crippen LogP contribution in [-0.4, -0.2) is 45.3 Å². The highest BCUT2D eigenvalue weighted by Gasteiger charge is 2.40. The Bertz CT molecular complexity index is 430. The van der Waals surface area contributed by atoms with E-state index in [4.69, 9.17) is 0 Å². The number of carbonyl (C=O) groups is 1. The molecule has 1 saturated carbocycles. The molecular weight excluding hydrogens is 240 g/mol. The third-order valence-corrected chi connectivity index (χ3v) is 4.30. The molecule has 19 heavy (non-hydrogen) atoms. The molecule has 0 saturated heterocycles. The molecule has 0 amide bonds. The first kappa shape index (κ1) is 14.2. The summed E-state index contributed by atoms with van der Waals surface area (Å²) in [5.74, 6) is 0.292. The maximum absolute atomic E-state index is 12.8. The van der Waals surface area contributed by atoms with Crippen molar-refractivity contribution in [2.45, 2.75) is 50.5 Å². The number of ketones is 1. The van der Waals surface area contributed by atoms with Crippen molar-refractivity contribution in [3.63, 3.8) is 0 Å². The minimum atomic E-state index is -0.298. The number of likely N-dealkylation sites (N-methyl/N-ethyl adjacent to an activating group) is 1. The molecule has 0 atom stereocenters. The van der Waals surface area contributed by atoms with E-state index in [0.29, 0.717) is 12.2 Å². The summed E-state index contributed by atoms with van der Waals surface area (Å²) in [7, 11) is 5.88. The molecular formula is C14H24N4O. The Morgan fingerprint density at radius 1 is 1.32 bits per heavy atom. The van der Waals surface area contributed by atoms with Crippen molar-refractivity contribution in [3.8, 4) is 0 Å². The van der Waals surface area contributed by atoms with Gasteiger partial charge in [-0.2, -0.15) is 0 Å². The Labute approximate surface area is 115 Å². The second kappa shape index (κ2) is 5.82. The summed E-state index contributed by atoms with van der Waals surface area (Å²) in [5.41, 5.74) is 0.478. The van der Waals surface area contributed by atoms with Gasteiger partial charge in [0.05, 0.1) is 17.7 Å². The zero-order valence-corrected chi connectivity index (χ0v) is 12.2. The highest BCUT2D eigenvalue weighted by atomic mass is 16.1. The van der Waals surface area contributed by atoms with Crippen LogP contribution in [0.25, 0.3) is 0 Å². The summed E-state index contributed by atoms with van der Waals surface area (Å²) in [5, 5.41) is 7.94. The van der Waals surface area contributed by atoms with Crippen molar-refractivity contribution in [1.29, 1.82) is 0 Å². The van der Waals surface area contributed by atoms with Gasteiger partial charge in [-0.05, 0) is 26.9 Å². The lowest BCUT2D eigenvalue weighted by molar-refractivity contribution is -0.130. The molecule has 1 aromatic rings. The van der Waals surface area contributed by atoms with E-state index >= 15 is 0 Å². The molecule has 1 aliphatic rings. The van der Waals surface area contributed by atoms with Gasteiger partial charge in [0.2, 0.25) is 0 Å². The summed E-state index contributed by atoms with van der Waals surface area (Å²) in [6.07, 6.45) is 8.94. The largest absolute Gasteiger partial charge is 0.297 e. The minimum absolute atomic E-state index is 0.292. The summed E-state index contributed by atoms with van der Waals surface area (Å²) in [6, 6.07) is 0. The minimum Gasteiger partial charge on any atom is -0.297 e. The first-order valence-electron chi connectivity index (χ1n) is 7.10. The first-order chi connectivity index (χ1) is 9.04. The summed E-state index contributed by atoms with van der Waals surface area (Å²) in [6.45, 7) is 0. The van der Waals surface area contributed by atoms with Crippen LogP contribution in [0.2, 0.25) is 0 Å². The van der Waals surface area contributed by atoms with Gasteiger partial charge < -0.3 is 0 Å². The van der Waals surface area contributed by atoms with E-state index in [2.05, 4.69) is 15.2 Å². The van der Waals surface area contributed by atoms with Gasteiger partial charge in [0.15, 0.2) is 5.78 Å². The highest BCUT2D eigenvalue weighted by molar-refractivity contribution is 5.89. The van der Waals surface area contributed by atoms with Gasteiger partial charge >= 0.3 is 0 Å². The van der Waals surface area contributed by atoms with E-state index in [-0.39, 0.29) is 5.54 Å². The number of aryl methyl sites for hydroxylation is 1. The Morgan fingerprint density at radius 2 is 1.95 bits per heavy atom. The number of Topliss-reactive ketones (excluding diaryl/α,β-unsaturated/α-hetero) is 1. The van der Waals surface area contributed by atoms with Crippen molar-refractivity contribution in [2.24, 2.45) is 7.05 Å². The number of hydrogen-bond acceptors (Lipinski definition) is 4. The normalized spacial score (nSPS) is 19.4. The van der Waals surface area contributed by atoms with E-state index in [0.717, 1.165) is 31.4 Å². The third-order valence-electron chi connectivity index (χ3n) is 4.30. The molecule has 0 N–H and O–H groups in total. The molecule has 1 fully saturated rings. The fraction of sp³-hybridized carbons (Fsp3) is 0.786. The molecule has 5 nitrogen and oxygen atoms in total. The number of hydrogen-bond donors (Lipinski definition) is 0. The number of carbonyl (C=O) groups excluding carboxylic acids is 1. The maximum Gasteiger partial charge on any atom is 0.159 e. The van der Waals surface area contributed by atoms with E-state index in [1.54, 1.807) is 4.68 Å². The van der Waals surface area contributed by atoms with Gasteiger partial charge in [-0.1, -0.05) is 30.9 Å². The molecule has 1 aliphatic carbocycles. The maximum atomic E-state index is 12.8. The highest BCUT2D eigenvalue weighted by Crippen LogP contribution is 2.32.